The van der Waals surface area contributed by atoms with Crippen LogP contribution in [0.5, 0.6) is 0 Å². The van der Waals surface area contributed by atoms with E-state index in [0.29, 0.717) is 17.3 Å². The summed E-state index contributed by atoms with van der Waals surface area (Å²) < 4.78 is 16.5. The number of halogens is 1. The Balaban J connectivity index is 1.69. The molecule has 1 aromatic carbocycles. The summed E-state index contributed by atoms with van der Waals surface area (Å²) in [6, 6.07) is 8.54. The topological polar surface area (TPSA) is 58.0 Å². The molecule has 0 atom stereocenters. The van der Waals surface area contributed by atoms with Crippen LogP contribution in [-0.4, -0.2) is 32.7 Å². The predicted molar refractivity (Wildman–Crippen MR) is 114 cm³/mol. The highest BCUT2D eigenvalue weighted by atomic mass is 19.1. The molecule has 0 aliphatic carbocycles. The van der Waals surface area contributed by atoms with Crippen molar-refractivity contribution in [1.29, 1.82) is 0 Å². The monoisotopic (exact) mass is 391 g/mol. The van der Waals surface area contributed by atoms with Gasteiger partial charge < -0.3 is 10.3 Å². The first kappa shape index (κ1) is 18.3. The van der Waals surface area contributed by atoms with Gasteiger partial charge in [-0.25, -0.2) is 13.9 Å². The van der Waals surface area contributed by atoms with Gasteiger partial charge in [-0.05, 0) is 68.0 Å². The van der Waals surface area contributed by atoms with Gasteiger partial charge in [0.05, 0.1) is 17.6 Å². The molecule has 0 unspecified atom stereocenters. The van der Waals surface area contributed by atoms with Gasteiger partial charge in [0.25, 0.3) is 0 Å². The first-order valence-corrected chi connectivity index (χ1v) is 10.4. The average Bonchev–Trinajstić information content (AvgIpc) is 3.26. The van der Waals surface area contributed by atoms with E-state index in [1.54, 1.807) is 0 Å². The Bertz CT molecular complexity index is 1200. The maximum absolute atomic E-state index is 15.0. The van der Waals surface area contributed by atoms with Crippen molar-refractivity contribution < 1.29 is 4.39 Å². The number of benzene rings is 1. The molecule has 0 saturated carbocycles. The lowest BCUT2D eigenvalue weighted by Gasteiger charge is -2.23. The van der Waals surface area contributed by atoms with Crippen LogP contribution in [0.2, 0.25) is 0 Å². The van der Waals surface area contributed by atoms with Gasteiger partial charge in [0.2, 0.25) is 0 Å². The van der Waals surface area contributed by atoms with Crippen molar-refractivity contribution in [3.63, 3.8) is 0 Å². The summed E-state index contributed by atoms with van der Waals surface area (Å²) >= 11 is 0. The number of nitrogens with zero attached hydrogens (tertiary/aromatic N) is 3. The lowest BCUT2D eigenvalue weighted by atomic mass is 9.88. The molecule has 4 heterocycles. The summed E-state index contributed by atoms with van der Waals surface area (Å²) in [6.45, 7) is 8.33. The minimum absolute atomic E-state index is 0.242. The lowest BCUT2D eigenvalue weighted by molar-refractivity contribution is 0.460. The van der Waals surface area contributed by atoms with E-state index < -0.39 is 0 Å². The van der Waals surface area contributed by atoms with E-state index in [-0.39, 0.29) is 11.7 Å². The van der Waals surface area contributed by atoms with Crippen LogP contribution in [0, 0.1) is 12.7 Å². The van der Waals surface area contributed by atoms with E-state index in [2.05, 4.69) is 52.4 Å². The Morgan fingerprint density at radius 3 is 2.72 bits per heavy atom. The third-order valence-electron chi connectivity index (χ3n) is 6.01. The molecule has 2 N–H and O–H groups in total. The molecule has 1 fully saturated rings. The van der Waals surface area contributed by atoms with Crippen molar-refractivity contribution in [3.05, 3.63) is 53.1 Å². The van der Waals surface area contributed by atoms with Crippen molar-refractivity contribution >= 4 is 16.6 Å². The van der Waals surface area contributed by atoms with Crippen molar-refractivity contribution in [1.82, 2.24) is 24.9 Å². The molecule has 4 aromatic rings. The zero-order valence-electron chi connectivity index (χ0n) is 17.1. The number of aryl methyl sites for hydroxylation is 1. The van der Waals surface area contributed by atoms with Gasteiger partial charge in [-0.1, -0.05) is 19.9 Å². The number of aromatic amines is 1. The Morgan fingerprint density at radius 1 is 1.17 bits per heavy atom. The SMILES string of the molecule is Cc1cc2nc(-c3[nH]c4ccc(C5CCNCC5)cc4c3C(C)C)c(F)cn2n1. The Kier molecular flexibility index (Phi) is 4.39. The number of hydrogen-bond donors (Lipinski definition) is 2. The maximum atomic E-state index is 15.0. The number of hydrogen-bond acceptors (Lipinski definition) is 3. The third kappa shape index (κ3) is 3.12. The van der Waals surface area contributed by atoms with E-state index in [4.69, 9.17) is 0 Å². The Labute approximate surface area is 169 Å². The Morgan fingerprint density at radius 2 is 1.97 bits per heavy atom. The second-order valence-corrected chi connectivity index (χ2v) is 8.42. The van der Waals surface area contributed by atoms with Crippen LogP contribution >= 0.6 is 0 Å². The molecule has 0 amide bonds. The van der Waals surface area contributed by atoms with Gasteiger partial charge in [-0.15, -0.1) is 0 Å². The molecule has 5 nitrogen and oxygen atoms in total. The molecule has 0 bridgehead atoms. The zero-order valence-corrected chi connectivity index (χ0v) is 17.1. The largest absolute Gasteiger partial charge is 0.353 e. The lowest BCUT2D eigenvalue weighted by Crippen LogP contribution is -2.26. The van der Waals surface area contributed by atoms with Crippen LogP contribution in [0.4, 0.5) is 4.39 Å². The van der Waals surface area contributed by atoms with Crippen molar-refractivity contribution in [2.75, 3.05) is 13.1 Å². The van der Waals surface area contributed by atoms with E-state index in [0.717, 1.165) is 48.4 Å². The predicted octanol–water partition coefficient (Wildman–Crippen LogP) is 4.92. The van der Waals surface area contributed by atoms with Crippen LogP contribution in [0.25, 0.3) is 27.9 Å². The van der Waals surface area contributed by atoms with Crippen molar-refractivity contribution in [3.8, 4) is 11.4 Å². The van der Waals surface area contributed by atoms with E-state index in [1.165, 1.54) is 21.7 Å². The van der Waals surface area contributed by atoms with Gasteiger partial charge >= 0.3 is 0 Å². The molecule has 29 heavy (non-hydrogen) atoms. The number of rotatable bonds is 3. The van der Waals surface area contributed by atoms with Gasteiger partial charge in [0.1, 0.15) is 5.69 Å². The normalized spacial score (nSPS) is 15.8. The van der Waals surface area contributed by atoms with Crippen molar-refractivity contribution in [2.24, 2.45) is 0 Å². The van der Waals surface area contributed by atoms with E-state index in [1.807, 2.05) is 13.0 Å². The number of H-pyrrole nitrogens is 1. The van der Waals surface area contributed by atoms with Gasteiger partial charge in [0.15, 0.2) is 11.5 Å². The van der Waals surface area contributed by atoms with Crippen LogP contribution < -0.4 is 5.32 Å². The highest BCUT2D eigenvalue weighted by molar-refractivity contribution is 5.91. The number of piperidine rings is 1. The fourth-order valence-electron chi connectivity index (χ4n) is 4.62. The van der Waals surface area contributed by atoms with E-state index in [9.17, 15) is 0 Å². The molecule has 5 rings (SSSR count). The quantitative estimate of drug-likeness (QED) is 0.521. The summed E-state index contributed by atoms with van der Waals surface area (Å²) in [5.74, 6) is 0.457. The van der Waals surface area contributed by atoms with Crippen LogP contribution in [0.1, 0.15) is 55.3 Å². The van der Waals surface area contributed by atoms with Crippen LogP contribution in [0.3, 0.4) is 0 Å². The molecule has 1 aliphatic heterocycles. The zero-order chi connectivity index (χ0) is 20.1. The van der Waals surface area contributed by atoms with Gasteiger partial charge in [0, 0.05) is 17.0 Å². The fraction of sp³-hybridized carbons (Fsp3) is 0.391. The maximum Gasteiger partial charge on any atom is 0.169 e. The van der Waals surface area contributed by atoms with E-state index >= 15 is 4.39 Å². The highest BCUT2D eigenvalue weighted by Gasteiger charge is 2.22. The molecule has 1 saturated heterocycles. The van der Waals surface area contributed by atoms with Gasteiger partial charge in [-0.2, -0.15) is 5.10 Å². The molecule has 3 aromatic heterocycles. The van der Waals surface area contributed by atoms with Crippen molar-refractivity contribution in [2.45, 2.75) is 45.4 Å². The standard InChI is InChI=1S/C23H26FN5/c1-13(2)21-17-11-16(15-6-8-25-9-7-15)4-5-19(17)26-23(21)22-18(24)12-29-20(27-22)10-14(3)28-29/h4-5,10-13,15,25-26H,6-9H2,1-3H3. The third-order valence-corrected chi connectivity index (χ3v) is 6.01. The number of nitrogens with one attached hydrogen (secondary N) is 2. The number of aromatic nitrogens is 4. The molecule has 0 spiro atoms. The minimum atomic E-state index is -0.368. The summed E-state index contributed by atoms with van der Waals surface area (Å²) in [5.41, 5.74) is 6.15. The first-order chi connectivity index (χ1) is 14.0. The minimum Gasteiger partial charge on any atom is -0.353 e. The molecule has 6 heteroatoms. The second-order valence-electron chi connectivity index (χ2n) is 8.42. The summed E-state index contributed by atoms with van der Waals surface area (Å²) in [4.78, 5) is 8.06. The molecule has 0 radical (unpaired) electrons. The van der Waals surface area contributed by atoms with Gasteiger partial charge in [-0.3, -0.25) is 0 Å². The molecular formula is C23H26FN5. The smallest absolute Gasteiger partial charge is 0.169 e. The van der Waals surface area contributed by atoms with Crippen LogP contribution in [0.15, 0.2) is 30.5 Å². The average molecular weight is 391 g/mol. The highest BCUT2D eigenvalue weighted by Crippen LogP contribution is 2.38. The first-order valence-electron chi connectivity index (χ1n) is 10.4. The fourth-order valence-corrected chi connectivity index (χ4v) is 4.62. The summed E-state index contributed by atoms with van der Waals surface area (Å²) in [7, 11) is 0. The summed E-state index contributed by atoms with van der Waals surface area (Å²) in [6.07, 6.45) is 3.74. The Hall–Kier alpha value is -2.73. The molecule has 150 valence electrons. The number of fused-ring (bicyclic) bond motifs is 2. The van der Waals surface area contributed by atoms with Crippen LogP contribution in [-0.2, 0) is 0 Å². The summed E-state index contributed by atoms with van der Waals surface area (Å²) in [5, 5.41) is 8.89. The molecule has 1 aliphatic rings. The molecular weight excluding hydrogens is 365 g/mol. The second kappa shape index (κ2) is 6.95.